The number of hydrogen-bond acceptors (Lipinski definition) is 5. The molecule has 2 aromatic carbocycles. The molecule has 0 atom stereocenters. The monoisotopic (exact) mass is 488 g/mol. The summed E-state index contributed by atoms with van der Waals surface area (Å²) >= 11 is 6.24. The second-order valence-corrected chi connectivity index (χ2v) is 11.2. The fourth-order valence-corrected chi connectivity index (χ4v) is 4.71. The Hall–Kier alpha value is -2.71. The van der Waals surface area contributed by atoms with Crippen LogP contribution >= 0.6 is 11.6 Å². The number of benzene rings is 2. The van der Waals surface area contributed by atoms with Gasteiger partial charge in [-0.25, -0.2) is 8.42 Å². The normalized spacial score (nSPS) is 12.1. The van der Waals surface area contributed by atoms with E-state index in [-0.39, 0.29) is 16.1 Å². The molecule has 7 nitrogen and oxygen atoms in total. The minimum absolute atomic E-state index is 0.0800. The van der Waals surface area contributed by atoms with Gasteiger partial charge in [-0.3, -0.25) is 4.72 Å². The molecule has 3 aromatic rings. The molecular weight excluding hydrogens is 460 g/mol. The zero-order valence-electron chi connectivity index (χ0n) is 19.5. The van der Waals surface area contributed by atoms with Crippen molar-refractivity contribution in [3.63, 3.8) is 0 Å². The van der Waals surface area contributed by atoms with Crippen LogP contribution in [0, 0.1) is 6.92 Å². The van der Waals surface area contributed by atoms with Gasteiger partial charge in [-0.2, -0.15) is 0 Å². The molecule has 176 valence electrons. The molecular formula is C24H29ClN4O3S. The van der Waals surface area contributed by atoms with Crippen molar-refractivity contribution >= 4 is 33.1 Å². The van der Waals surface area contributed by atoms with Crippen LogP contribution in [0.1, 0.15) is 51.9 Å². The summed E-state index contributed by atoms with van der Waals surface area (Å²) in [5, 5.41) is 8.86. The third kappa shape index (κ3) is 6.00. The molecule has 1 aromatic heterocycles. The van der Waals surface area contributed by atoms with Crippen LogP contribution in [0.3, 0.4) is 0 Å². The molecule has 9 heteroatoms. The zero-order chi connectivity index (χ0) is 24.4. The second-order valence-electron chi connectivity index (χ2n) is 9.10. The van der Waals surface area contributed by atoms with Gasteiger partial charge in [-0.05, 0) is 61.6 Å². The maximum absolute atomic E-state index is 13.1. The lowest BCUT2D eigenvalue weighted by atomic mass is 9.87. The summed E-state index contributed by atoms with van der Waals surface area (Å²) in [7, 11) is -3.85. The van der Waals surface area contributed by atoms with Crippen molar-refractivity contribution in [2.75, 3.05) is 4.72 Å². The van der Waals surface area contributed by atoms with Crippen molar-refractivity contribution < 1.29 is 13.2 Å². The number of halogens is 1. The van der Waals surface area contributed by atoms with Crippen LogP contribution in [-0.4, -0.2) is 29.0 Å². The Balaban J connectivity index is 1.96. The number of ketones is 1. The van der Waals surface area contributed by atoms with Gasteiger partial charge in [0.15, 0.2) is 5.82 Å². The zero-order valence-corrected chi connectivity index (χ0v) is 21.1. The minimum Gasteiger partial charge on any atom is -0.311 e. The van der Waals surface area contributed by atoms with E-state index >= 15 is 0 Å². The number of hydrogen-bond donors (Lipinski definition) is 1. The fourth-order valence-electron chi connectivity index (χ4n) is 3.46. The molecule has 0 amide bonds. The predicted molar refractivity (Wildman–Crippen MR) is 131 cm³/mol. The number of nitrogens with zero attached hydrogens (tertiary/aromatic N) is 3. The molecule has 0 saturated heterocycles. The summed E-state index contributed by atoms with van der Waals surface area (Å²) < 4.78 is 30.8. The maximum atomic E-state index is 13.1. The average Bonchev–Trinajstić information content (AvgIpc) is 3.09. The number of aryl methyl sites for hydroxylation is 1. The fraction of sp³-hybridized carbons (Fsp3) is 0.375. The number of aromatic nitrogens is 3. The first kappa shape index (κ1) is 24.9. The van der Waals surface area contributed by atoms with Crippen molar-refractivity contribution in [1.82, 2.24) is 14.8 Å². The van der Waals surface area contributed by atoms with Gasteiger partial charge < -0.3 is 9.36 Å². The van der Waals surface area contributed by atoms with Gasteiger partial charge in [0, 0.05) is 23.6 Å². The van der Waals surface area contributed by atoms with E-state index in [0.717, 1.165) is 5.56 Å². The van der Waals surface area contributed by atoms with Crippen LogP contribution in [0.2, 0.25) is 5.02 Å². The van der Waals surface area contributed by atoms with Gasteiger partial charge in [-0.1, -0.05) is 44.5 Å². The van der Waals surface area contributed by atoms with E-state index in [1.54, 1.807) is 37.3 Å². The highest BCUT2D eigenvalue weighted by atomic mass is 35.5. The highest BCUT2D eigenvalue weighted by molar-refractivity contribution is 7.92. The van der Waals surface area contributed by atoms with Crippen molar-refractivity contribution in [3.05, 3.63) is 58.9 Å². The van der Waals surface area contributed by atoms with Crippen LogP contribution in [0.4, 0.5) is 5.69 Å². The molecule has 0 aliphatic carbocycles. The average molecular weight is 489 g/mol. The number of carbonyl (C=O) groups is 1. The van der Waals surface area contributed by atoms with E-state index < -0.39 is 10.0 Å². The Labute approximate surface area is 200 Å². The summed E-state index contributed by atoms with van der Waals surface area (Å²) in [4.78, 5) is 11.5. The first-order chi connectivity index (χ1) is 15.4. The molecule has 0 bridgehead atoms. The first-order valence-electron chi connectivity index (χ1n) is 10.7. The summed E-state index contributed by atoms with van der Waals surface area (Å²) in [6.45, 7) is 10.1. The van der Waals surface area contributed by atoms with E-state index in [2.05, 4.69) is 35.7 Å². The van der Waals surface area contributed by atoms with Crippen LogP contribution < -0.4 is 4.72 Å². The highest BCUT2D eigenvalue weighted by Gasteiger charge is 2.21. The number of nitrogens with one attached hydrogen (secondary N) is 1. The molecule has 0 aliphatic rings. The molecule has 1 heterocycles. The molecule has 0 spiro atoms. The Kier molecular flexibility index (Phi) is 7.29. The largest absolute Gasteiger partial charge is 0.311 e. The molecule has 0 saturated carbocycles. The third-order valence-electron chi connectivity index (χ3n) is 5.34. The second kappa shape index (κ2) is 9.65. The lowest BCUT2D eigenvalue weighted by Gasteiger charge is -2.19. The first-order valence-corrected chi connectivity index (χ1v) is 12.6. The lowest BCUT2D eigenvalue weighted by molar-refractivity contribution is -0.117. The molecule has 0 fully saturated rings. The van der Waals surface area contributed by atoms with Crippen molar-refractivity contribution in [3.8, 4) is 11.4 Å². The van der Waals surface area contributed by atoms with E-state index in [4.69, 9.17) is 11.6 Å². The molecule has 33 heavy (non-hydrogen) atoms. The predicted octanol–water partition coefficient (Wildman–Crippen LogP) is 5.37. The van der Waals surface area contributed by atoms with E-state index in [1.807, 2.05) is 23.6 Å². The Morgan fingerprint density at radius 1 is 1.09 bits per heavy atom. The number of carbonyl (C=O) groups excluding carboxylic acids is 1. The van der Waals surface area contributed by atoms with Gasteiger partial charge in [0.2, 0.25) is 0 Å². The summed E-state index contributed by atoms with van der Waals surface area (Å²) in [5.74, 6) is 1.26. The minimum atomic E-state index is -3.85. The smallest absolute Gasteiger partial charge is 0.261 e. The van der Waals surface area contributed by atoms with Crippen LogP contribution in [0.5, 0.6) is 0 Å². The van der Waals surface area contributed by atoms with Crippen molar-refractivity contribution in [2.24, 2.45) is 0 Å². The molecule has 1 N–H and O–H groups in total. The summed E-state index contributed by atoms with van der Waals surface area (Å²) in [6, 6.07) is 11.8. The Bertz CT molecular complexity index is 1260. The number of anilines is 1. The van der Waals surface area contributed by atoms with Crippen LogP contribution in [0.25, 0.3) is 11.4 Å². The molecule has 0 aliphatic heterocycles. The van der Waals surface area contributed by atoms with Gasteiger partial charge >= 0.3 is 0 Å². The Morgan fingerprint density at radius 2 is 1.76 bits per heavy atom. The van der Waals surface area contributed by atoms with Crippen LogP contribution in [0.15, 0.2) is 47.4 Å². The van der Waals surface area contributed by atoms with Gasteiger partial charge in [-0.15, -0.1) is 10.2 Å². The van der Waals surface area contributed by atoms with Gasteiger partial charge in [0.1, 0.15) is 11.6 Å². The topological polar surface area (TPSA) is 93.9 Å². The van der Waals surface area contributed by atoms with E-state index in [9.17, 15) is 13.2 Å². The quantitative estimate of drug-likeness (QED) is 0.459. The van der Waals surface area contributed by atoms with Crippen molar-refractivity contribution in [1.29, 1.82) is 0 Å². The summed E-state index contributed by atoms with van der Waals surface area (Å²) in [5.41, 5.74) is 1.83. The molecule has 0 radical (unpaired) electrons. The van der Waals surface area contributed by atoms with E-state index in [1.165, 1.54) is 0 Å². The van der Waals surface area contributed by atoms with Gasteiger partial charge in [0.25, 0.3) is 10.0 Å². The number of sulfonamides is 1. The van der Waals surface area contributed by atoms with Crippen LogP contribution in [-0.2, 0) is 26.8 Å². The van der Waals surface area contributed by atoms with E-state index in [0.29, 0.717) is 47.3 Å². The SMILES string of the molecule is CC(=O)CCCn1c(C)nnc1-c1cc(Cl)ccc1NS(=O)(=O)c1ccc(C(C)(C)C)cc1. The third-order valence-corrected chi connectivity index (χ3v) is 6.96. The van der Waals surface area contributed by atoms with Gasteiger partial charge in [0.05, 0.1) is 10.6 Å². The van der Waals surface area contributed by atoms with Crippen molar-refractivity contribution in [2.45, 2.75) is 64.3 Å². The number of rotatable bonds is 8. The summed E-state index contributed by atoms with van der Waals surface area (Å²) in [6.07, 6.45) is 1.07. The lowest BCUT2D eigenvalue weighted by Crippen LogP contribution is -2.16. The highest BCUT2D eigenvalue weighted by Crippen LogP contribution is 2.32. The number of Topliss-reactive ketones (excluding diaryl/α,β-unsaturated/α-hetero) is 1. The molecule has 0 unspecified atom stereocenters. The maximum Gasteiger partial charge on any atom is 0.261 e. The Morgan fingerprint density at radius 3 is 2.36 bits per heavy atom. The standard InChI is InChI=1S/C24H29ClN4O3S/c1-16(30)7-6-14-29-17(2)26-27-23(29)21-15-19(25)10-13-22(21)28-33(31,32)20-11-8-18(9-12-20)24(3,4)5/h8-13,15,28H,6-7,14H2,1-5H3. The molecule has 3 rings (SSSR count).